The van der Waals surface area contributed by atoms with Crippen LogP contribution >= 0.6 is 0 Å². The van der Waals surface area contributed by atoms with Crippen LogP contribution in [0.5, 0.6) is 0 Å². The Morgan fingerprint density at radius 3 is 2.47 bits per heavy atom. The van der Waals surface area contributed by atoms with E-state index in [1.807, 2.05) is 56.3 Å². The Balaban J connectivity index is 2.34. The summed E-state index contributed by atoms with van der Waals surface area (Å²) in [6, 6.07) is 8.01. The first-order chi connectivity index (χ1) is 7.18. The van der Waals surface area contributed by atoms with Crippen molar-refractivity contribution in [2.45, 2.75) is 20.0 Å². The highest BCUT2D eigenvalue weighted by atomic mass is 19.1. The number of halogens is 1. The lowest BCUT2D eigenvalue weighted by atomic mass is 9.89. The van der Waals surface area contributed by atoms with Gasteiger partial charge >= 0.3 is 0 Å². The lowest BCUT2D eigenvalue weighted by Crippen LogP contribution is -2.15. The SMILES string of the molecule is Cc1ccc(C2=CC=CC(C)C2F)cc1. The van der Waals surface area contributed by atoms with E-state index in [4.69, 9.17) is 0 Å². The minimum atomic E-state index is -0.877. The zero-order chi connectivity index (χ0) is 10.8. The van der Waals surface area contributed by atoms with Gasteiger partial charge in [-0.25, -0.2) is 4.39 Å². The van der Waals surface area contributed by atoms with Crippen LogP contribution in [0.4, 0.5) is 4.39 Å². The van der Waals surface area contributed by atoms with Crippen molar-refractivity contribution in [2.75, 3.05) is 0 Å². The van der Waals surface area contributed by atoms with Gasteiger partial charge in [0.25, 0.3) is 0 Å². The van der Waals surface area contributed by atoms with Gasteiger partial charge in [-0.05, 0) is 18.1 Å². The first kappa shape index (κ1) is 10.2. The topological polar surface area (TPSA) is 0 Å². The fourth-order valence-corrected chi connectivity index (χ4v) is 1.81. The zero-order valence-corrected chi connectivity index (χ0v) is 9.07. The summed E-state index contributed by atoms with van der Waals surface area (Å²) in [5.74, 6) is -0.0219. The van der Waals surface area contributed by atoms with E-state index < -0.39 is 6.17 Å². The van der Waals surface area contributed by atoms with E-state index in [9.17, 15) is 4.39 Å². The van der Waals surface area contributed by atoms with Gasteiger partial charge in [-0.2, -0.15) is 0 Å². The highest BCUT2D eigenvalue weighted by Gasteiger charge is 2.21. The average Bonchev–Trinajstić information content (AvgIpc) is 2.24. The van der Waals surface area contributed by atoms with E-state index in [1.165, 1.54) is 5.56 Å². The summed E-state index contributed by atoms with van der Waals surface area (Å²) >= 11 is 0. The molecule has 0 saturated heterocycles. The third-order valence-electron chi connectivity index (χ3n) is 2.83. The Labute approximate surface area is 90.1 Å². The molecule has 0 spiro atoms. The van der Waals surface area contributed by atoms with Crippen molar-refractivity contribution in [3.63, 3.8) is 0 Å². The molecule has 2 unspecified atom stereocenters. The zero-order valence-electron chi connectivity index (χ0n) is 9.07. The molecule has 1 heteroatoms. The smallest absolute Gasteiger partial charge is 0.132 e. The van der Waals surface area contributed by atoms with Crippen LogP contribution in [0.1, 0.15) is 18.1 Å². The minimum Gasteiger partial charge on any atom is -0.242 e. The van der Waals surface area contributed by atoms with Crippen LogP contribution in [-0.4, -0.2) is 6.17 Å². The fraction of sp³-hybridized carbons (Fsp3) is 0.286. The van der Waals surface area contributed by atoms with Gasteiger partial charge in [0.1, 0.15) is 6.17 Å². The van der Waals surface area contributed by atoms with Crippen LogP contribution in [0.15, 0.2) is 42.5 Å². The molecule has 1 aromatic rings. The van der Waals surface area contributed by atoms with Crippen molar-refractivity contribution in [3.05, 3.63) is 53.6 Å². The van der Waals surface area contributed by atoms with Gasteiger partial charge in [0, 0.05) is 5.92 Å². The summed E-state index contributed by atoms with van der Waals surface area (Å²) in [6.45, 7) is 3.94. The Bertz CT molecular complexity index is 398. The van der Waals surface area contributed by atoms with Crippen molar-refractivity contribution in [3.8, 4) is 0 Å². The Kier molecular flexibility index (Phi) is 2.72. The summed E-state index contributed by atoms with van der Waals surface area (Å²) < 4.78 is 13.9. The number of hydrogen-bond acceptors (Lipinski definition) is 0. The van der Waals surface area contributed by atoms with Crippen LogP contribution in [-0.2, 0) is 0 Å². The fourth-order valence-electron chi connectivity index (χ4n) is 1.81. The molecule has 0 saturated carbocycles. The van der Waals surface area contributed by atoms with Gasteiger partial charge in [0.05, 0.1) is 0 Å². The van der Waals surface area contributed by atoms with Crippen molar-refractivity contribution in [1.82, 2.24) is 0 Å². The molecule has 0 fully saturated rings. The molecule has 1 aromatic carbocycles. The lowest BCUT2D eigenvalue weighted by Gasteiger charge is -2.20. The van der Waals surface area contributed by atoms with Crippen LogP contribution in [0.2, 0.25) is 0 Å². The molecular weight excluding hydrogens is 187 g/mol. The largest absolute Gasteiger partial charge is 0.242 e. The number of benzene rings is 1. The van der Waals surface area contributed by atoms with Gasteiger partial charge in [-0.1, -0.05) is 55.0 Å². The van der Waals surface area contributed by atoms with Gasteiger partial charge in [-0.3, -0.25) is 0 Å². The third kappa shape index (κ3) is 2.01. The molecule has 0 nitrogen and oxygen atoms in total. The van der Waals surface area contributed by atoms with Gasteiger partial charge < -0.3 is 0 Å². The number of aryl methyl sites for hydroxylation is 1. The number of allylic oxidation sites excluding steroid dienone is 4. The molecule has 0 amide bonds. The second kappa shape index (κ2) is 4.01. The normalized spacial score (nSPS) is 25.1. The quantitative estimate of drug-likeness (QED) is 0.647. The molecule has 78 valence electrons. The molecule has 0 aliphatic heterocycles. The first-order valence-electron chi connectivity index (χ1n) is 5.28. The lowest BCUT2D eigenvalue weighted by molar-refractivity contribution is 0.345. The van der Waals surface area contributed by atoms with Crippen LogP contribution < -0.4 is 0 Å². The number of hydrogen-bond donors (Lipinski definition) is 0. The maximum atomic E-state index is 13.9. The monoisotopic (exact) mass is 202 g/mol. The van der Waals surface area contributed by atoms with E-state index in [0.717, 1.165) is 11.1 Å². The number of alkyl halides is 1. The molecule has 2 atom stereocenters. The number of rotatable bonds is 1. The molecular formula is C14H15F. The highest BCUT2D eigenvalue weighted by Crippen LogP contribution is 2.30. The maximum absolute atomic E-state index is 13.9. The van der Waals surface area contributed by atoms with Crippen molar-refractivity contribution in [1.29, 1.82) is 0 Å². The Morgan fingerprint density at radius 2 is 1.80 bits per heavy atom. The Hall–Kier alpha value is -1.37. The Morgan fingerprint density at radius 1 is 1.13 bits per heavy atom. The van der Waals surface area contributed by atoms with E-state index in [2.05, 4.69) is 0 Å². The minimum absolute atomic E-state index is 0.0219. The van der Waals surface area contributed by atoms with E-state index >= 15 is 0 Å². The van der Waals surface area contributed by atoms with E-state index in [-0.39, 0.29) is 5.92 Å². The molecule has 0 N–H and O–H groups in total. The third-order valence-corrected chi connectivity index (χ3v) is 2.83. The van der Waals surface area contributed by atoms with E-state index in [1.54, 1.807) is 0 Å². The summed E-state index contributed by atoms with van der Waals surface area (Å²) in [5.41, 5.74) is 2.99. The summed E-state index contributed by atoms with van der Waals surface area (Å²) in [4.78, 5) is 0. The second-order valence-corrected chi connectivity index (χ2v) is 4.13. The summed E-state index contributed by atoms with van der Waals surface area (Å²) in [6.07, 6.45) is 4.84. The van der Waals surface area contributed by atoms with Gasteiger partial charge in [0.15, 0.2) is 0 Å². The van der Waals surface area contributed by atoms with Crippen molar-refractivity contribution in [2.24, 2.45) is 5.92 Å². The first-order valence-corrected chi connectivity index (χ1v) is 5.28. The average molecular weight is 202 g/mol. The van der Waals surface area contributed by atoms with Crippen LogP contribution in [0, 0.1) is 12.8 Å². The predicted octanol–water partition coefficient (Wildman–Crippen LogP) is 3.92. The molecule has 0 bridgehead atoms. The van der Waals surface area contributed by atoms with Gasteiger partial charge in [0.2, 0.25) is 0 Å². The highest BCUT2D eigenvalue weighted by molar-refractivity contribution is 5.72. The summed E-state index contributed by atoms with van der Waals surface area (Å²) in [7, 11) is 0. The predicted molar refractivity (Wildman–Crippen MR) is 62.4 cm³/mol. The van der Waals surface area contributed by atoms with E-state index in [0.29, 0.717) is 0 Å². The second-order valence-electron chi connectivity index (χ2n) is 4.13. The van der Waals surface area contributed by atoms with Crippen molar-refractivity contribution < 1.29 is 4.39 Å². The van der Waals surface area contributed by atoms with Crippen LogP contribution in [0.25, 0.3) is 5.57 Å². The molecule has 1 aliphatic carbocycles. The molecule has 2 rings (SSSR count). The maximum Gasteiger partial charge on any atom is 0.132 e. The van der Waals surface area contributed by atoms with Crippen molar-refractivity contribution >= 4 is 5.57 Å². The van der Waals surface area contributed by atoms with Gasteiger partial charge in [-0.15, -0.1) is 0 Å². The van der Waals surface area contributed by atoms with Crippen LogP contribution in [0.3, 0.4) is 0 Å². The molecule has 15 heavy (non-hydrogen) atoms. The molecule has 0 aromatic heterocycles. The molecule has 1 aliphatic rings. The standard InChI is InChI=1S/C14H15F/c1-10-6-8-12(9-7-10)13-5-3-4-11(2)14(13)15/h3-9,11,14H,1-2H3. The summed E-state index contributed by atoms with van der Waals surface area (Å²) in [5, 5.41) is 0. The molecule has 0 radical (unpaired) electrons. The molecule has 0 heterocycles.